The van der Waals surface area contributed by atoms with E-state index in [0.29, 0.717) is 29.9 Å². The molecule has 0 aliphatic carbocycles. The number of carbonyl (C=O) groups is 2. The highest BCUT2D eigenvalue weighted by Crippen LogP contribution is 2.29. The van der Waals surface area contributed by atoms with Gasteiger partial charge in [0.25, 0.3) is 0 Å². The zero-order valence-electron chi connectivity index (χ0n) is 17.1. The second-order valence-corrected chi connectivity index (χ2v) is 6.43. The van der Waals surface area contributed by atoms with Crippen LogP contribution in [0.3, 0.4) is 0 Å². The van der Waals surface area contributed by atoms with Gasteiger partial charge in [-0.25, -0.2) is 9.59 Å². The van der Waals surface area contributed by atoms with Crippen molar-refractivity contribution in [2.75, 3.05) is 26.9 Å². The molecule has 8 nitrogen and oxygen atoms in total. The van der Waals surface area contributed by atoms with Crippen molar-refractivity contribution in [3.8, 4) is 5.75 Å². The zero-order valence-corrected chi connectivity index (χ0v) is 17.1. The maximum atomic E-state index is 11.9. The summed E-state index contributed by atoms with van der Waals surface area (Å²) in [6.45, 7) is 5.81. The van der Waals surface area contributed by atoms with Gasteiger partial charge in [0.1, 0.15) is 17.9 Å². The van der Waals surface area contributed by atoms with E-state index in [-0.39, 0.29) is 25.6 Å². The van der Waals surface area contributed by atoms with Crippen LogP contribution < -0.4 is 10.4 Å². The van der Waals surface area contributed by atoms with E-state index in [9.17, 15) is 14.4 Å². The molecule has 1 atom stereocenters. The normalized spacial score (nSPS) is 11.9. The Morgan fingerprint density at radius 1 is 1.14 bits per heavy atom. The molecule has 2 rings (SSSR count). The molecule has 0 saturated heterocycles. The van der Waals surface area contributed by atoms with Crippen molar-refractivity contribution in [3.05, 3.63) is 39.7 Å². The first-order valence-corrected chi connectivity index (χ1v) is 9.41. The third-order valence-corrected chi connectivity index (χ3v) is 4.20. The van der Waals surface area contributed by atoms with Crippen LogP contribution in [0.15, 0.2) is 27.4 Å². The van der Waals surface area contributed by atoms with Gasteiger partial charge in [-0.15, -0.1) is 0 Å². The fourth-order valence-corrected chi connectivity index (χ4v) is 2.74. The van der Waals surface area contributed by atoms with Crippen LogP contribution in [-0.4, -0.2) is 45.0 Å². The van der Waals surface area contributed by atoms with Crippen LogP contribution in [-0.2, 0) is 30.2 Å². The Hall–Kier alpha value is -2.87. The smallest absolute Gasteiger partial charge is 0.347 e. The van der Waals surface area contributed by atoms with Crippen molar-refractivity contribution in [2.24, 2.45) is 0 Å². The van der Waals surface area contributed by atoms with Crippen LogP contribution in [0, 0.1) is 6.92 Å². The lowest BCUT2D eigenvalue weighted by Gasteiger charge is -2.17. The highest BCUT2D eigenvalue weighted by atomic mass is 16.6. The van der Waals surface area contributed by atoms with Crippen molar-refractivity contribution < 1.29 is 33.0 Å². The summed E-state index contributed by atoms with van der Waals surface area (Å²) in [5, 5.41) is 0.725. The molecule has 2 aromatic rings. The number of hydrogen-bond donors (Lipinski definition) is 0. The van der Waals surface area contributed by atoms with E-state index < -0.39 is 17.7 Å². The molecule has 0 spiro atoms. The summed E-state index contributed by atoms with van der Waals surface area (Å²) < 4.78 is 25.9. The van der Waals surface area contributed by atoms with Crippen molar-refractivity contribution in [3.63, 3.8) is 0 Å². The standard InChI is InChI=1S/C21H26O8/c1-5-26-21(24)14(3)28-17-12-18-16(13(2)10-20(23)29-18)11-15(17)6-7-19(22)27-9-8-25-4/h10-12,14H,5-9H2,1-4H3. The Morgan fingerprint density at radius 2 is 1.90 bits per heavy atom. The van der Waals surface area contributed by atoms with Crippen molar-refractivity contribution in [1.29, 1.82) is 0 Å². The monoisotopic (exact) mass is 406 g/mol. The molecule has 1 unspecified atom stereocenters. The Balaban J connectivity index is 2.30. The lowest BCUT2D eigenvalue weighted by atomic mass is 10.0. The largest absolute Gasteiger partial charge is 0.479 e. The average Bonchev–Trinajstić information content (AvgIpc) is 2.66. The molecule has 0 bridgehead atoms. The van der Waals surface area contributed by atoms with Gasteiger partial charge in [0.05, 0.1) is 13.2 Å². The molecule has 29 heavy (non-hydrogen) atoms. The van der Waals surface area contributed by atoms with Gasteiger partial charge >= 0.3 is 17.6 Å². The Bertz CT molecular complexity index is 915. The molecule has 0 fully saturated rings. The van der Waals surface area contributed by atoms with Crippen LogP contribution in [0.25, 0.3) is 11.0 Å². The van der Waals surface area contributed by atoms with Gasteiger partial charge in [-0.3, -0.25) is 4.79 Å². The molecule has 0 amide bonds. The predicted octanol–water partition coefficient (Wildman–Crippen LogP) is 2.55. The summed E-state index contributed by atoms with van der Waals surface area (Å²) >= 11 is 0. The Labute approximate surface area is 168 Å². The van der Waals surface area contributed by atoms with Gasteiger partial charge in [-0.05, 0) is 44.4 Å². The summed E-state index contributed by atoms with van der Waals surface area (Å²) in [4.78, 5) is 35.6. The second kappa shape index (κ2) is 10.6. The molecule has 8 heteroatoms. The Morgan fingerprint density at radius 3 is 2.59 bits per heavy atom. The van der Waals surface area contributed by atoms with Gasteiger partial charge < -0.3 is 23.4 Å². The van der Waals surface area contributed by atoms with Crippen LogP contribution in [0.1, 0.15) is 31.4 Å². The number of fused-ring (bicyclic) bond motifs is 1. The molecular formula is C21H26O8. The third kappa shape index (κ3) is 6.32. The minimum Gasteiger partial charge on any atom is -0.479 e. The fraction of sp³-hybridized carbons (Fsp3) is 0.476. The van der Waals surface area contributed by atoms with Gasteiger partial charge in [0, 0.05) is 31.0 Å². The first-order chi connectivity index (χ1) is 13.8. The predicted molar refractivity (Wildman–Crippen MR) is 105 cm³/mol. The highest BCUT2D eigenvalue weighted by Gasteiger charge is 2.19. The van der Waals surface area contributed by atoms with E-state index in [2.05, 4.69) is 0 Å². The minimum atomic E-state index is -0.865. The van der Waals surface area contributed by atoms with Crippen molar-refractivity contribution in [2.45, 2.75) is 39.7 Å². The second-order valence-electron chi connectivity index (χ2n) is 6.43. The zero-order chi connectivity index (χ0) is 21.4. The number of hydrogen-bond acceptors (Lipinski definition) is 8. The summed E-state index contributed by atoms with van der Waals surface area (Å²) in [6.07, 6.45) is -0.420. The summed E-state index contributed by atoms with van der Waals surface area (Å²) in [5.74, 6) is -0.539. The summed E-state index contributed by atoms with van der Waals surface area (Å²) in [6, 6.07) is 4.75. The van der Waals surface area contributed by atoms with E-state index in [0.717, 1.165) is 10.9 Å². The highest BCUT2D eigenvalue weighted by molar-refractivity contribution is 5.83. The molecule has 1 aromatic carbocycles. The topological polar surface area (TPSA) is 101 Å². The number of methoxy groups -OCH3 is 1. The molecule has 0 saturated carbocycles. The molecule has 0 radical (unpaired) electrons. The number of benzene rings is 1. The lowest BCUT2D eigenvalue weighted by Crippen LogP contribution is -2.26. The van der Waals surface area contributed by atoms with Crippen LogP contribution in [0.4, 0.5) is 0 Å². The van der Waals surface area contributed by atoms with Crippen molar-refractivity contribution >= 4 is 22.9 Å². The number of aryl methyl sites for hydroxylation is 2. The van der Waals surface area contributed by atoms with Crippen molar-refractivity contribution in [1.82, 2.24) is 0 Å². The third-order valence-electron chi connectivity index (χ3n) is 4.20. The van der Waals surface area contributed by atoms with E-state index in [4.69, 9.17) is 23.4 Å². The first-order valence-electron chi connectivity index (χ1n) is 9.41. The van der Waals surface area contributed by atoms with E-state index >= 15 is 0 Å². The van der Waals surface area contributed by atoms with E-state index in [1.807, 2.05) is 0 Å². The maximum absolute atomic E-state index is 11.9. The summed E-state index contributed by atoms with van der Waals surface area (Å²) in [7, 11) is 1.53. The lowest BCUT2D eigenvalue weighted by molar-refractivity contribution is -0.150. The quantitative estimate of drug-likeness (QED) is 0.337. The van der Waals surface area contributed by atoms with Gasteiger partial charge in [-0.1, -0.05) is 0 Å². The molecule has 1 aromatic heterocycles. The molecular weight excluding hydrogens is 380 g/mol. The van der Waals surface area contributed by atoms with E-state index in [1.165, 1.54) is 13.2 Å². The first kappa shape index (κ1) is 22.4. The van der Waals surface area contributed by atoms with Crippen LogP contribution in [0.2, 0.25) is 0 Å². The average molecular weight is 406 g/mol. The SMILES string of the molecule is CCOC(=O)C(C)Oc1cc2oc(=O)cc(C)c2cc1CCC(=O)OCCOC. The number of carbonyl (C=O) groups excluding carboxylic acids is 2. The Kier molecular flexibility index (Phi) is 8.21. The van der Waals surface area contributed by atoms with Gasteiger partial charge in [0.2, 0.25) is 0 Å². The molecule has 1 heterocycles. The molecule has 0 aliphatic rings. The van der Waals surface area contributed by atoms with Gasteiger partial charge in [0.15, 0.2) is 6.10 Å². The fourth-order valence-electron chi connectivity index (χ4n) is 2.74. The van der Waals surface area contributed by atoms with Crippen LogP contribution >= 0.6 is 0 Å². The molecule has 158 valence electrons. The minimum absolute atomic E-state index is 0.120. The van der Waals surface area contributed by atoms with Crippen LogP contribution in [0.5, 0.6) is 5.75 Å². The summed E-state index contributed by atoms with van der Waals surface area (Å²) in [5.41, 5.74) is 1.29. The number of rotatable bonds is 10. The van der Waals surface area contributed by atoms with E-state index in [1.54, 1.807) is 32.9 Å². The number of ether oxygens (including phenoxy) is 4. The molecule has 0 aliphatic heterocycles. The van der Waals surface area contributed by atoms with Gasteiger partial charge in [-0.2, -0.15) is 0 Å². The number of esters is 2. The maximum Gasteiger partial charge on any atom is 0.347 e. The molecule has 0 N–H and O–H groups in total.